The predicted octanol–water partition coefficient (Wildman–Crippen LogP) is 3.29. The van der Waals surface area contributed by atoms with Crippen LogP contribution in [0.1, 0.15) is 0 Å². The largest absolute Gasteiger partial charge is 0.297 e. The fraction of sp³-hybridized carbons (Fsp3) is 0. The van der Waals surface area contributed by atoms with Crippen molar-refractivity contribution in [3.63, 3.8) is 0 Å². The van der Waals surface area contributed by atoms with E-state index in [4.69, 9.17) is 9.97 Å². The number of aromatic nitrogens is 4. The molecule has 0 saturated heterocycles. The molecule has 0 spiro atoms. The van der Waals surface area contributed by atoms with Crippen molar-refractivity contribution in [3.05, 3.63) is 60.9 Å². The quantitative estimate of drug-likeness (QED) is 0.399. The van der Waals surface area contributed by atoms with Crippen LogP contribution in [-0.2, 0) is 0 Å². The van der Waals surface area contributed by atoms with E-state index >= 15 is 0 Å². The second-order valence-electron chi connectivity index (χ2n) is 4.89. The Bertz CT molecular complexity index is 1010. The van der Waals surface area contributed by atoms with Gasteiger partial charge in [-0.05, 0) is 36.4 Å². The van der Waals surface area contributed by atoms with Crippen molar-refractivity contribution < 1.29 is 0 Å². The summed E-state index contributed by atoms with van der Waals surface area (Å²) in [5.41, 5.74) is 5.89. The average molecular weight is 258 g/mol. The first-order valence-corrected chi connectivity index (χ1v) is 6.54. The lowest BCUT2D eigenvalue weighted by Gasteiger charge is -2.07. The molecule has 4 heterocycles. The average Bonchev–Trinajstić information content (AvgIpc) is 3.14. The molecular weight excluding hydrogens is 248 g/mol. The van der Waals surface area contributed by atoms with E-state index in [0.29, 0.717) is 0 Å². The molecule has 0 fully saturated rings. The Labute approximate surface area is 113 Å². The van der Waals surface area contributed by atoms with Crippen LogP contribution >= 0.6 is 0 Å². The first-order chi connectivity index (χ1) is 9.92. The summed E-state index contributed by atoms with van der Waals surface area (Å²) in [7, 11) is 0. The van der Waals surface area contributed by atoms with Gasteiger partial charge in [0.15, 0.2) is 11.3 Å². The highest BCUT2D eigenvalue weighted by molar-refractivity contribution is 5.90. The van der Waals surface area contributed by atoms with Crippen molar-refractivity contribution in [2.24, 2.45) is 0 Å². The maximum atomic E-state index is 4.79. The molecule has 0 N–H and O–H groups in total. The molecule has 0 saturated carbocycles. The molecule has 4 heteroatoms. The fourth-order valence-electron chi connectivity index (χ4n) is 2.85. The third kappa shape index (κ3) is 1.11. The number of benzene rings is 1. The van der Waals surface area contributed by atoms with Gasteiger partial charge in [-0.2, -0.15) is 0 Å². The van der Waals surface area contributed by atoms with Gasteiger partial charge in [0.1, 0.15) is 0 Å². The third-order valence-electron chi connectivity index (χ3n) is 3.75. The molecule has 0 amide bonds. The number of nitrogens with zero attached hydrogens (tertiary/aromatic N) is 4. The number of rotatable bonds is 0. The molecule has 0 aliphatic rings. The standard InChI is InChI=1S/C16H10N4/c1-2-6-12-11(5-1)17-15-16(18-12)20-10-4-8-14(20)13-7-3-9-19(13)15/h1-10H. The van der Waals surface area contributed by atoms with Crippen LogP contribution in [0, 0.1) is 0 Å². The molecule has 20 heavy (non-hydrogen) atoms. The minimum Gasteiger partial charge on any atom is -0.297 e. The summed E-state index contributed by atoms with van der Waals surface area (Å²) in [6, 6.07) is 16.3. The minimum absolute atomic E-state index is 0.882. The molecule has 0 radical (unpaired) electrons. The summed E-state index contributed by atoms with van der Waals surface area (Å²) in [6.07, 6.45) is 4.07. The van der Waals surface area contributed by atoms with E-state index in [1.165, 1.54) is 0 Å². The zero-order valence-electron chi connectivity index (χ0n) is 10.6. The zero-order valence-corrected chi connectivity index (χ0v) is 10.6. The van der Waals surface area contributed by atoms with Crippen LogP contribution in [0.5, 0.6) is 0 Å². The number of fused-ring (bicyclic) bond motifs is 7. The number of para-hydroxylation sites is 2. The van der Waals surface area contributed by atoms with E-state index < -0.39 is 0 Å². The molecule has 0 aliphatic heterocycles. The zero-order chi connectivity index (χ0) is 13.1. The van der Waals surface area contributed by atoms with Gasteiger partial charge in [-0.15, -0.1) is 0 Å². The first-order valence-electron chi connectivity index (χ1n) is 6.54. The Hall–Kier alpha value is -2.88. The number of hydrogen-bond donors (Lipinski definition) is 0. The summed E-state index contributed by atoms with van der Waals surface area (Å²) < 4.78 is 4.20. The van der Waals surface area contributed by atoms with Crippen LogP contribution < -0.4 is 0 Å². The molecule has 0 aliphatic carbocycles. The van der Waals surface area contributed by atoms with Gasteiger partial charge in [0.2, 0.25) is 0 Å². The van der Waals surface area contributed by atoms with Crippen LogP contribution in [0.4, 0.5) is 0 Å². The maximum absolute atomic E-state index is 4.79. The molecule has 0 unspecified atom stereocenters. The topological polar surface area (TPSA) is 34.6 Å². The van der Waals surface area contributed by atoms with Crippen molar-refractivity contribution >= 4 is 33.4 Å². The Morgan fingerprint density at radius 2 is 1.10 bits per heavy atom. The highest BCUT2D eigenvalue weighted by Crippen LogP contribution is 2.23. The summed E-state index contributed by atoms with van der Waals surface area (Å²) >= 11 is 0. The second-order valence-corrected chi connectivity index (χ2v) is 4.89. The van der Waals surface area contributed by atoms with Gasteiger partial charge >= 0.3 is 0 Å². The highest BCUT2D eigenvalue weighted by Gasteiger charge is 2.10. The third-order valence-corrected chi connectivity index (χ3v) is 3.75. The molecule has 5 rings (SSSR count). The Morgan fingerprint density at radius 1 is 0.600 bits per heavy atom. The smallest absolute Gasteiger partial charge is 0.182 e. The Kier molecular flexibility index (Phi) is 1.68. The molecule has 4 aromatic heterocycles. The predicted molar refractivity (Wildman–Crippen MR) is 79.0 cm³/mol. The molecule has 0 bridgehead atoms. The van der Waals surface area contributed by atoms with Gasteiger partial charge in [0.25, 0.3) is 0 Å². The molecule has 4 nitrogen and oxygen atoms in total. The first kappa shape index (κ1) is 9.97. The summed E-state index contributed by atoms with van der Waals surface area (Å²) in [6.45, 7) is 0. The van der Waals surface area contributed by atoms with E-state index in [1.807, 2.05) is 48.8 Å². The molecule has 94 valence electrons. The fourth-order valence-corrected chi connectivity index (χ4v) is 2.85. The SMILES string of the molecule is c1ccc2nc3c(nc2c1)n1cccc1c1cccn13. The van der Waals surface area contributed by atoms with Crippen LogP contribution in [0.3, 0.4) is 0 Å². The Morgan fingerprint density at radius 3 is 1.60 bits per heavy atom. The molecular formula is C16H10N4. The van der Waals surface area contributed by atoms with Gasteiger partial charge in [-0.3, -0.25) is 8.80 Å². The van der Waals surface area contributed by atoms with Crippen molar-refractivity contribution in [1.82, 2.24) is 18.8 Å². The van der Waals surface area contributed by atoms with Crippen LogP contribution in [0.2, 0.25) is 0 Å². The summed E-state index contributed by atoms with van der Waals surface area (Å²) in [5, 5.41) is 0. The lowest BCUT2D eigenvalue weighted by molar-refractivity contribution is 1.13. The van der Waals surface area contributed by atoms with Crippen molar-refractivity contribution in [2.45, 2.75) is 0 Å². The number of hydrogen-bond acceptors (Lipinski definition) is 2. The van der Waals surface area contributed by atoms with Crippen molar-refractivity contribution in [1.29, 1.82) is 0 Å². The van der Waals surface area contributed by atoms with Gasteiger partial charge in [0, 0.05) is 12.4 Å². The van der Waals surface area contributed by atoms with Crippen molar-refractivity contribution in [2.75, 3.05) is 0 Å². The lowest BCUT2D eigenvalue weighted by atomic mass is 10.3. The normalized spacial score (nSPS) is 12.0. The van der Waals surface area contributed by atoms with Gasteiger partial charge in [0.05, 0.1) is 22.1 Å². The lowest BCUT2D eigenvalue weighted by Crippen LogP contribution is -2.00. The summed E-state index contributed by atoms with van der Waals surface area (Å²) in [5.74, 6) is 0. The minimum atomic E-state index is 0.882. The van der Waals surface area contributed by atoms with Gasteiger partial charge in [-0.25, -0.2) is 9.97 Å². The van der Waals surface area contributed by atoms with E-state index in [0.717, 1.165) is 33.4 Å². The van der Waals surface area contributed by atoms with E-state index in [9.17, 15) is 0 Å². The maximum Gasteiger partial charge on any atom is 0.182 e. The van der Waals surface area contributed by atoms with Gasteiger partial charge in [-0.1, -0.05) is 12.1 Å². The molecule has 5 aromatic rings. The van der Waals surface area contributed by atoms with Crippen LogP contribution in [0.25, 0.3) is 33.4 Å². The van der Waals surface area contributed by atoms with Gasteiger partial charge < -0.3 is 0 Å². The molecule has 1 aromatic carbocycles. The highest BCUT2D eigenvalue weighted by atomic mass is 15.1. The van der Waals surface area contributed by atoms with Crippen molar-refractivity contribution in [3.8, 4) is 0 Å². The second kappa shape index (κ2) is 3.36. The van der Waals surface area contributed by atoms with Crippen LogP contribution in [0.15, 0.2) is 60.9 Å². The summed E-state index contributed by atoms with van der Waals surface area (Å²) in [4.78, 5) is 9.57. The molecule has 0 atom stereocenters. The van der Waals surface area contributed by atoms with E-state index in [-0.39, 0.29) is 0 Å². The monoisotopic (exact) mass is 258 g/mol. The Balaban J connectivity index is 2.19. The van der Waals surface area contributed by atoms with Crippen LogP contribution in [-0.4, -0.2) is 18.8 Å². The van der Waals surface area contributed by atoms with E-state index in [1.54, 1.807) is 0 Å². The van der Waals surface area contributed by atoms with E-state index in [2.05, 4.69) is 20.9 Å².